The number of ether oxygens (including phenoxy) is 1. The van der Waals surface area contributed by atoms with Crippen molar-refractivity contribution in [2.75, 3.05) is 25.0 Å². The van der Waals surface area contributed by atoms with Crippen LogP contribution in [0.1, 0.15) is 31.2 Å². The van der Waals surface area contributed by atoms with Crippen LogP contribution < -0.4 is 5.32 Å². The van der Waals surface area contributed by atoms with Gasteiger partial charge in [0.25, 0.3) is 0 Å². The molecule has 1 aromatic heterocycles. The number of hydrogen-bond donors (Lipinski definition) is 1. The summed E-state index contributed by atoms with van der Waals surface area (Å²) in [5.74, 6) is 0.612. The molecule has 0 radical (unpaired) electrons. The summed E-state index contributed by atoms with van der Waals surface area (Å²) in [4.78, 5) is 14.6. The van der Waals surface area contributed by atoms with Gasteiger partial charge in [-0.3, -0.25) is 5.32 Å². The second kappa shape index (κ2) is 6.52. The number of morpholine rings is 1. The Morgan fingerprint density at radius 3 is 2.76 bits per heavy atom. The van der Waals surface area contributed by atoms with Crippen LogP contribution in [0.4, 0.5) is 10.6 Å². The Hall–Kier alpha value is -2.34. The van der Waals surface area contributed by atoms with E-state index in [9.17, 15) is 4.79 Å². The molecule has 0 unspecified atom stereocenters. The number of nitrogens with zero attached hydrogens (tertiary/aromatic N) is 3. The highest BCUT2D eigenvalue weighted by Crippen LogP contribution is 2.36. The molecule has 6 heteroatoms. The van der Waals surface area contributed by atoms with Gasteiger partial charge >= 0.3 is 6.03 Å². The third kappa shape index (κ3) is 3.26. The molecule has 0 atom stereocenters. The SMILES string of the molecule is Cc1cn(-c2ccccc2)nc1NC(=O)N1CCOC2(CCCC2)C1. The Morgan fingerprint density at radius 1 is 1.24 bits per heavy atom. The topological polar surface area (TPSA) is 59.4 Å². The number of benzene rings is 1. The third-order valence-corrected chi connectivity index (χ3v) is 5.19. The molecule has 25 heavy (non-hydrogen) atoms. The molecule has 2 aliphatic rings. The minimum atomic E-state index is -0.117. The van der Waals surface area contributed by atoms with E-state index in [4.69, 9.17) is 4.74 Å². The highest BCUT2D eigenvalue weighted by Gasteiger charge is 2.40. The summed E-state index contributed by atoms with van der Waals surface area (Å²) in [5.41, 5.74) is 1.80. The number of hydrogen-bond acceptors (Lipinski definition) is 3. The molecule has 2 fully saturated rings. The van der Waals surface area contributed by atoms with Gasteiger partial charge in [0.2, 0.25) is 0 Å². The molecular formula is C19H24N4O2. The summed E-state index contributed by atoms with van der Waals surface area (Å²) in [7, 11) is 0. The van der Waals surface area contributed by atoms with Crippen LogP contribution in [0.15, 0.2) is 36.5 Å². The number of amides is 2. The van der Waals surface area contributed by atoms with Crippen molar-refractivity contribution in [2.24, 2.45) is 0 Å². The first kappa shape index (κ1) is 16.1. The van der Waals surface area contributed by atoms with Gasteiger partial charge in [0, 0.05) is 18.3 Å². The predicted molar refractivity (Wildman–Crippen MR) is 96.0 cm³/mol. The highest BCUT2D eigenvalue weighted by atomic mass is 16.5. The Kier molecular flexibility index (Phi) is 4.21. The van der Waals surface area contributed by atoms with Crippen molar-refractivity contribution >= 4 is 11.8 Å². The van der Waals surface area contributed by atoms with Gasteiger partial charge < -0.3 is 9.64 Å². The number of rotatable bonds is 2. The minimum Gasteiger partial charge on any atom is -0.371 e. The summed E-state index contributed by atoms with van der Waals surface area (Å²) < 4.78 is 7.80. The van der Waals surface area contributed by atoms with Crippen LogP contribution >= 0.6 is 0 Å². The third-order valence-electron chi connectivity index (χ3n) is 5.19. The Labute approximate surface area is 147 Å². The van der Waals surface area contributed by atoms with Crippen molar-refractivity contribution < 1.29 is 9.53 Å². The maximum atomic E-state index is 12.7. The molecule has 1 aliphatic carbocycles. The molecule has 2 aromatic rings. The van der Waals surface area contributed by atoms with E-state index in [1.54, 1.807) is 4.68 Å². The Balaban J connectivity index is 1.47. The lowest BCUT2D eigenvalue weighted by Crippen LogP contribution is -2.53. The smallest absolute Gasteiger partial charge is 0.323 e. The number of aromatic nitrogens is 2. The largest absolute Gasteiger partial charge is 0.371 e. The zero-order valence-corrected chi connectivity index (χ0v) is 14.6. The maximum Gasteiger partial charge on any atom is 0.323 e. The van der Waals surface area contributed by atoms with Gasteiger partial charge in [0.05, 0.1) is 24.4 Å². The number of anilines is 1. The average Bonchev–Trinajstić information content (AvgIpc) is 3.23. The van der Waals surface area contributed by atoms with Crippen LogP contribution in [0.25, 0.3) is 5.69 Å². The molecule has 2 heterocycles. The molecule has 6 nitrogen and oxygen atoms in total. The Morgan fingerprint density at radius 2 is 2.00 bits per heavy atom. The van der Waals surface area contributed by atoms with Gasteiger partial charge in [-0.25, -0.2) is 9.48 Å². The first-order chi connectivity index (χ1) is 12.2. The first-order valence-corrected chi connectivity index (χ1v) is 8.97. The van der Waals surface area contributed by atoms with E-state index in [1.807, 2.05) is 48.4 Å². The normalized spacial score (nSPS) is 19.3. The number of para-hydroxylation sites is 1. The lowest BCUT2D eigenvalue weighted by atomic mass is 10.00. The van der Waals surface area contributed by atoms with E-state index in [1.165, 1.54) is 12.8 Å². The maximum absolute atomic E-state index is 12.7. The van der Waals surface area contributed by atoms with Gasteiger partial charge in [-0.2, -0.15) is 0 Å². The van der Waals surface area contributed by atoms with Crippen LogP contribution in [0.2, 0.25) is 0 Å². The molecule has 1 N–H and O–H groups in total. The standard InChI is InChI=1S/C19H24N4O2/c1-15-13-23(16-7-3-2-4-8-16)21-17(15)20-18(24)22-11-12-25-19(14-22)9-5-6-10-19/h2-4,7-8,13H,5-6,9-12,14H2,1H3,(H,20,21,24). The zero-order chi connectivity index (χ0) is 17.3. The van der Waals surface area contributed by atoms with Crippen molar-refractivity contribution in [3.8, 4) is 5.69 Å². The van der Waals surface area contributed by atoms with Gasteiger partial charge in [-0.05, 0) is 31.9 Å². The average molecular weight is 340 g/mol. The second-order valence-corrected chi connectivity index (χ2v) is 7.03. The summed E-state index contributed by atoms with van der Waals surface area (Å²) in [6.07, 6.45) is 6.42. The zero-order valence-electron chi connectivity index (χ0n) is 14.6. The Bertz CT molecular complexity index is 750. The van der Waals surface area contributed by atoms with Crippen molar-refractivity contribution in [3.05, 3.63) is 42.1 Å². The molecule has 1 aliphatic heterocycles. The summed E-state index contributed by atoms with van der Waals surface area (Å²) in [5, 5.41) is 7.51. The van der Waals surface area contributed by atoms with E-state index < -0.39 is 0 Å². The van der Waals surface area contributed by atoms with Gasteiger partial charge in [0.1, 0.15) is 0 Å². The summed E-state index contributed by atoms with van der Waals surface area (Å²) >= 11 is 0. The quantitative estimate of drug-likeness (QED) is 0.912. The molecule has 4 rings (SSSR count). The van der Waals surface area contributed by atoms with E-state index in [2.05, 4.69) is 10.4 Å². The fourth-order valence-corrected chi connectivity index (χ4v) is 3.82. The van der Waals surface area contributed by atoms with Crippen molar-refractivity contribution in [1.29, 1.82) is 0 Å². The van der Waals surface area contributed by atoms with E-state index >= 15 is 0 Å². The van der Waals surface area contributed by atoms with E-state index in [0.29, 0.717) is 25.5 Å². The molecule has 132 valence electrons. The number of urea groups is 1. The molecular weight excluding hydrogens is 316 g/mol. The van der Waals surface area contributed by atoms with Gasteiger partial charge in [-0.1, -0.05) is 31.0 Å². The monoisotopic (exact) mass is 340 g/mol. The fraction of sp³-hybridized carbons (Fsp3) is 0.474. The number of aryl methyl sites for hydroxylation is 1. The lowest BCUT2D eigenvalue weighted by Gasteiger charge is -2.40. The van der Waals surface area contributed by atoms with Gasteiger partial charge in [-0.15, -0.1) is 5.10 Å². The lowest BCUT2D eigenvalue weighted by molar-refractivity contribution is -0.0914. The fourth-order valence-electron chi connectivity index (χ4n) is 3.82. The van der Waals surface area contributed by atoms with Crippen molar-refractivity contribution in [1.82, 2.24) is 14.7 Å². The van der Waals surface area contributed by atoms with Crippen LogP contribution in [0.5, 0.6) is 0 Å². The summed E-state index contributed by atoms with van der Waals surface area (Å²) in [6.45, 7) is 3.88. The van der Waals surface area contributed by atoms with Gasteiger partial charge in [0.15, 0.2) is 5.82 Å². The predicted octanol–water partition coefficient (Wildman–Crippen LogP) is 3.36. The minimum absolute atomic E-state index is 0.0870. The van der Waals surface area contributed by atoms with Crippen molar-refractivity contribution in [3.63, 3.8) is 0 Å². The van der Waals surface area contributed by atoms with Crippen LogP contribution in [-0.2, 0) is 4.74 Å². The summed E-state index contributed by atoms with van der Waals surface area (Å²) in [6, 6.07) is 9.81. The molecule has 1 aromatic carbocycles. The van der Waals surface area contributed by atoms with E-state index in [-0.39, 0.29) is 11.6 Å². The molecule has 1 saturated heterocycles. The molecule has 1 saturated carbocycles. The van der Waals surface area contributed by atoms with Crippen LogP contribution in [-0.4, -0.2) is 46.0 Å². The molecule has 2 amide bonds. The molecule has 1 spiro atoms. The van der Waals surface area contributed by atoms with E-state index in [0.717, 1.165) is 24.1 Å². The first-order valence-electron chi connectivity index (χ1n) is 8.97. The number of nitrogens with one attached hydrogen (secondary N) is 1. The van der Waals surface area contributed by atoms with Crippen LogP contribution in [0.3, 0.4) is 0 Å². The highest BCUT2D eigenvalue weighted by molar-refractivity contribution is 5.89. The molecule has 0 bridgehead atoms. The second-order valence-electron chi connectivity index (χ2n) is 7.03. The van der Waals surface area contributed by atoms with Crippen molar-refractivity contribution in [2.45, 2.75) is 38.2 Å². The van der Waals surface area contributed by atoms with Crippen LogP contribution in [0, 0.1) is 6.92 Å². The number of carbonyl (C=O) groups is 1. The number of carbonyl (C=O) groups excluding carboxylic acids is 1.